The molecule has 1 atom stereocenters. The van der Waals surface area contributed by atoms with Crippen LogP contribution in [0.15, 0.2) is 30.3 Å². The van der Waals surface area contributed by atoms with Crippen LogP contribution in [0.25, 0.3) is 0 Å². The lowest BCUT2D eigenvalue weighted by Gasteiger charge is -2.12. The monoisotopic (exact) mass is 274 g/mol. The van der Waals surface area contributed by atoms with E-state index in [0.717, 1.165) is 12.1 Å². The van der Waals surface area contributed by atoms with Gasteiger partial charge in [0.1, 0.15) is 17.7 Å². The Morgan fingerprint density at radius 2 is 1.11 bits per heavy atom. The molecule has 1 nitrogen and oxygen atoms in total. The fraction of sp³-hybridized carbons (Fsp3) is 0.0769. The Morgan fingerprint density at radius 3 is 1.58 bits per heavy atom. The molecule has 2 aromatic carbocycles. The van der Waals surface area contributed by atoms with Crippen LogP contribution in [-0.2, 0) is 0 Å². The number of halogens is 5. The molecule has 0 heterocycles. The van der Waals surface area contributed by atoms with Gasteiger partial charge < -0.3 is 5.11 Å². The third-order valence-corrected chi connectivity index (χ3v) is 2.52. The molecule has 0 amide bonds. The molecule has 0 aliphatic carbocycles. The largest absolute Gasteiger partial charge is 0.384 e. The van der Waals surface area contributed by atoms with Crippen LogP contribution in [0.1, 0.15) is 17.2 Å². The predicted molar refractivity (Wildman–Crippen MR) is 56.7 cm³/mol. The highest BCUT2D eigenvalue weighted by molar-refractivity contribution is 5.31. The van der Waals surface area contributed by atoms with E-state index >= 15 is 0 Å². The summed E-state index contributed by atoms with van der Waals surface area (Å²) < 4.78 is 64.7. The van der Waals surface area contributed by atoms with Gasteiger partial charge in [-0.2, -0.15) is 0 Å². The summed E-state index contributed by atoms with van der Waals surface area (Å²) in [6.45, 7) is 0. The van der Waals surface area contributed by atoms with Crippen molar-refractivity contribution in [1.29, 1.82) is 0 Å². The molecular weight excluding hydrogens is 267 g/mol. The first kappa shape index (κ1) is 13.5. The first-order chi connectivity index (χ1) is 8.88. The zero-order valence-corrected chi connectivity index (χ0v) is 9.30. The molecule has 0 aliphatic heterocycles. The van der Waals surface area contributed by atoms with Gasteiger partial charge in [-0.1, -0.05) is 0 Å². The molecule has 0 spiro atoms. The third kappa shape index (κ3) is 2.73. The average molecular weight is 274 g/mol. The molecule has 0 radical (unpaired) electrons. The van der Waals surface area contributed by atoms with Crippen molar-refractivity contribution in [2.75, 3.05) is 0 Å². The fourth-order valence-corrected chi connectivity index (χ4v) is 1.66. The third-order valence-electron chi connectivity index (χ3n) is 2.52. The van der Waals surface area contributed by atoms with Gasteiger partial charge in [-0.3, -0.25) is 0 Å². The quantitative estimate of drug-likeness (QED) is 0.656. The van der Waals surface area contributed by atoms with Gasteiger partial charge in [0.2, 0.25) is 0 Å². The van der Waals surface area contributed by atoms with Gasteiger partial charge in [-0.05, 0) is 35.4 Å². The second-order valence-electron chi connectivity index (χ2n) is 3.90. The van der Waals surface area contributed by atoms with Gasteiger partial charge in [0.05, 0.1) is 0 Å². The van der Waals surface area contributed by atoms with Crippen LogP contribution < -0.4 is 0 Å². The molecular formula is C13H7F5O. The summed E-state index contributed by atoms with van der Waals surface area (Å²) in [6, 6.07) is 3.33. The van der Waals surface area contributed by atoms with Gasteiger partial charge in [-0.25, -0.2) is 22.0 Å². The zero-order valence-electron chi connectivity index (χ0n) is 9.30. The molecule has 0 saturated carbocycles. The number of aliphatic hydroxyl groups excluding tert-OH is 1. The van der Waals surface area contributed by atoms with Crippen molar-refractivity contribution in [3.63, 3.8) is 0 Å². The maximum Gasteiger partial charge on any atom is 0.194 e. The van der Waals surface area contributed by atoms with E-state index in [-0.39, 0.29) is 11.1 Å². The van der Waals surface area contributed by atoms with Gasteiger partial charge in [0, 0.05) is 6.07 Å². The molecule has 0 saturated heterocycles. The Kier molecular flexibility index (Phi) is 3.53. The van der Waals surface area contributed by atoms with E-state index in [9.17, 15) is 27.1 Å². The minimum Gasteiger partial charge on any atom is -0.384 e. The summed E-state index contributed by atoms with van der Waals surface area (Å²) in [5.74, 6) is -6.56. The van der Waals surface area contributed by atoms with E-state index < -0.39 is 35.2 Å². The molecule has 1 unspecified atom stereocenters. The lowest BCUT2D eigenvalue weighted by atomic mass is 10.0. The Balaban J connectivity index is 2.46. The lowest BCUT2D eigenvalue weighted by molar-refractivity contribution is 0.217. The fourth-order valence-electron chi connectivity index (χ4n) is 1.66. The molecule has 0 bridgehead atoms. The first-order valence-corrected chi connectivity index (χ1v) is 5.17. The Morgan fingerprint density at radius 1 is 0.684 bits per heavy atom. The number of rotatable bonds is 2. The molecule has 2 rings (SSSR count). The molecule has 100 valence electrons. The lowest BCUT2D eigenvalue weighted by Crippen LogP contribution is -2.04. The van der Waals surface area contributed by atoms with Crippen LogP contribution in [-0.4, -0.2) is 5.11 Å². The molecule has 0 aromatic heterocycles. The number of hydrogen-bond acceptors (Lipinski definition) is 1. The molecule has 19 heavy (non-hydrogen) atoms. The second kappa shape index (κ2) is 4.97. The number of aliphatic hydroxyl groups is 1. The highest BCUT2D eigenvalue weighted by Gasteiger charge is 2.18. The summed E-state index contributed by atoms with van der Waals surface area (Å²) in [6.07, 6.45) is -1.67. The summed E-state index contributed by atoms with van der Waals surface area (Å²) in [7, 11) is 0. The summed E-state index contributed by atoms with van der Waals surface area (Å²) in [5.41, 5.74) is -0.579. The minimum atomic E-state index is -1.68. The van der Waals surface area contributed by atoms with E-state index in [1.54, 1.807) is 0 Å². The van der Waals surface area contributed by atoms with E-state index in [1.165, 1.54) is 0 Å². The first-order valence-electron chi connectivity index (χ1n) is 5.17. The van der Waals surface area contributed by atoms with Gasteiger partial charge in [0.25, 0.3) is 0 Å². The molecule has 6 heteroatoms. The van der Waals surface area contributed by atoms with E-state index in [2.05, 4.69) is 0 Å². The molecule has 1 N–H and O–H groups in total. The smallest absolute Gasteiger partial charge is 0.194 e. The summed E-state index contributed by atoms with van der Waals surface area (Å²) in [5, 5.41) is 9.79. The van der Waals surface area contributed by atoms with Crippen LogP contribution >= 0.6 is 0 Å². The average Bonchev–Trinajstić information content (AvgIpc) is 2.33. The van der Waals surface area contributed by atoms with Crippen LogP contribution in [0.4, 0.5) is 22.0 Å². The van der Waals surface area contributed by atoms with Crippen molar-refractivity contribution in [1.82, 2.24) is 0 Å². The van der Waals surface area contributed by atoms with Gasteiger partial charge in [0.15, 0.2) is 17.5 Å². The van der Waals surface area contributed by atoms with Crippen molar-refractivity contribution in [3.05, 3.63) is 70.5 Å². The van der Waals surface area contributed by atoms with Crippen molar-refractivity contribution >= 4 is 0 Å². The Labute approximate surface area is 104 Å². The molecule has 2 aromatic rings. The predicted octanol–water partition coefficient (Wildman–Crippen LogP) is 3.46. The standard InChI is InChI=1S/C13H7F5O/c14-8-1-6(2-9(15)5-8)13(19)7-3-10(16)12(18)11(17)4-7/h1-5,13,19H. The highest BCUT2D eigenvalue weighted by atomic mass is 19.2. The zero-order chi connectivity index (χ0) is 14.2. The van der Waals surface area contributed by atoms with Crippen LogP contribution in [0.3, 0.4) is 0 Å². The Bertz CT molecular complexity index is 583. The maximum absolute atomic E-state index is 13.0. The van der Waals surface area contributed by atoms with E-state index in [0.29, 0.717) is 18.2 Å². The minimum absolute atomic E-state index is 0.233. The summed E-state index contributed by atoms with van der Waals surface area (Å²) >= 11 is 0. The number of benzene rings is 2. The number of hydrogen-bond donors (Lipinski definition) is 1. The highest BCUT2D eigenvalue weighted by Crippen LogP contribution is 2.26. The van der Waals surface area contributed by atoms with Crippen LogP contribution in [0.2, 0.25) is 0 Å². The maximum atomic E-state index is 13.0. The normalized spacial score (nSPS) is 12.5. The van der Waals surface area contributed by atoms with Crippen molar-refractivity contribution in [3.8, 4) is 0 Å². The topological polar surface area (TPSA) is 20.2 Å². The van der Waals surface area contributed by atoms with Gasteiger partial charge in [-0.15, -0.1) is 0 Å². The second-order valence-corrected chi connectivity index (χ2v) is 3.90. The van der Waals surface area contributed by atoms with Crippen molar-refractivity contribution < 1.29 is 27.1 Å². The van der Waals surface area contributed by atoms with Crippen LogP contribution in [0.5, 0.6) is 0 Å². The van der Waals surface area contributed by atoms with E-state index in [1.807, 2.05) is 0 Å². The van der Waals surface area contributed by atoms with Crippen molar-refractivity contribution in [2.45, 2.75) is 6.10 Å². The SMILES string of the molecule is OC(c1cc(F)cc(F)c1)c1cc(F)c(F)c(F)c1. The summed E-state index contributed by atoms with van der Waals surface area (Å²) in [4.78, 5) is 0. The van der Waals surface area contributed by atoms with Gasteiger partial charge >= 0.3 is 0 Å². The van der Waals surface area contributed by atoms with Crippen molar-refractivity contribution in [2.24, 2.45) is 0 Å². The van der Waals surface area contributed by atoms with E-state index in [4.69, 9.17) is 0 Å². The van der Waals surface area contributed by atoms with Crippen LogP contribution in [0, 0.1) is 29.1 Å². The Hall–Kier alpha value is -1.95. The molecule has 0 fully saturated rings. The molecule has 0 aliphatic rings.